The largest absolute Gasteiger partial charge is 0.497 e. The van der Waals surface area contributed by atoms with Crippen molar-refractivity contribution in [2.75, 3.05) is 40.4 Å². The SMILES string of the molecule is COc1cc(CCC(=O)N2CCC3(CCNC3)CC2)cc(OC)c1.Cl. The Morgan fingerprint density at radius 3 is 2.28 bits per heavy atom. The van der Waals surface area contributed by atoms with Crippen LogP contribution in [0.3, 0.4) is 0 Å². The number of aryl methyl sites for hydroxylation is 1. The molecule has 3 rings (SSSR count). The first-order valence-corrected chi connectivity index (χ1v) is 8.85. The quantitative estimate of drug-likeness (QED) is 0.868. The van der Waals surface area contributed by atoms with Crippen LogP contribution in [-0.4, -0.2) is 51.2 Å². The van der Waals surface area contributed by atoms with Gasteiger partial charge in [0.2, 0.25) is 5.91 Å². The van der Waals surface area contributed by atoms with Crippen molar-refractivity contribution in [2.45, 2.75) is 32.1 Å². The molecular formula is C19H29ClN2O3. The van der Waals surface area contributed by atoms with Gasteiger partial charge in [-0.25, -0.2) is 0 Å². The van der Waals surface area contributed by atoms with Gasteiger partial charge in [-0.15, -0.1) is 12.4 Å². The lowest BCUT2D eigenvalue weighted by molar-refractivity contribution is -0.133. The van der Waals surface area contributed by atoms with E-state index in [0.29, 0.717) is 11.8 Å². The minimum Gasteiger partial charge on any atom is -0.497 e. The molecule has 1 N–H and O–H groups in total. The fourth-order valence-corrected chi connectivity index (χ4v) is 3.87. The lowest BCUT2D eigenvalue weighted by Crippen LogP contribution is -2.44. The summed E-state index contributed by atoms with van der Waals surface area (Å²) in [6.45, 7) is 4.06. The van der Waals surface area contributed by atoms with Gasteiger partial charge in [-0.2, -0.15) is 0 Å². The molecule has 0 saturated carbocycles. The van der Waals surface area contributed by atoms with Crippen molar-refractivity contribution in [1.29, 1.82) is 0 Å². The zero-order valence-corrected chi connectivity index (χ0v) is 16.0. The summed E-state index contributed by atoms with van der Waals surface area (Å²) < 4.78 is 10.6. The highest BCUT2D eigenvalue weighted by molar-refractivity contribution is 5.85. The number of carbonyl (C=O) groups is 1. The molecule has 0 bridgehead atoms. The molecule has 0 radical (unpaired) electrons. The van der Waals surface area contributed by atoms with Crippen molar-refractivity contribution in [1.82, 2.24) is 10.2 Å². The van der Waals surface area contributed by atoms with Crippen LogP contribution in [0, 0.1) is 5.41 Å². The number of methoxy groups -OCH3 is 2. The van der Waals surface area contributed by atoms with E-state index in [2.05, 4.69) is 5.32 Å². The number of rotatable bonds is 5. The van der Waals surface area contributed by atoms with Crippen molar-refractivity contribution in [2.24, 2.45) is 5.41 Å². The van der Waals surface area contributed by atoms with Crippen LogP contribution in [0.5, 0.6) is 11.5 Å². The lowest BCUT2D eigenvalue weighted by atomic mass is 9.78. The maximum absolute atomic E-state index is 12.5. The summed E-state index contributed by atoms with van der Waals surface area (Å²) in [4.78, 5) is 14.6. The van der Waals surface area contributed by atoms with Gasteiger partial charge < -0.3 is 19.7 Å². The predicted molar refractivity (Wildman–Crippen MR) is 101 cm³/mol. The standard InChI is InChI=1S/C19H28N2O3.ClH/c1-23-16-11-15(12-17(13-16)24-2)3-4-18(22)21-9-6-19(7-10-21)5-8-20-14-19;/h11-13,20H,3-10,14H2,1-2H3;1H. The molecular weight excluding hydrogens is 340 g/mol. The monoisotopic (exact) mass is 368 g/mol. The third-order valence-electron chi connectivity index (χ3n) is 5.55. The Balaban J connectivity index is 0.00000225. The first kappa shape index (κ1) is 19.9. The van der Waals surface area contributed by atoms with Crippen LogP contribution in [0.25, 0.3) is 0 Å². The second-order valence-electron chi connectivity index (χ2n) is 7.03. The van der Waals surface area contributed by atoms with E-state index in [4.69, 9.17) is 9.47 Å². The molecule has 2 aliphatic rings. The molecule has 2 heterocycles. The van der Waals surface area contributed by atoms with Gasteiger partial charge in [0.25, 0.3) is 0 Å². The summed E-state index contributed by atoms with van der Waals surface area (Å²) in [6.07, 6.45) is 4.80. The van der Waals surface area contributed by atoms with Crippen molar-refractivity contribution >= 4 is 18.3 Å². The average Bonchev–Trinajstić information content (AvgIpc) is 3.08. The summed E-state index contributed by atoms with van der Waals surface area (Å²) in [5.41, 5.74) is 1.53. The summed E-state index contributed by atoms with van der Waals surface area (Å²) in [5.74, 6) is 1.80. The zero-order chi connectivity index (χ0) is 17.0. The number of hydrogen-bond acceptors (Lipinski definition) is 4. The highest BCUT2D eigenvalue weighted by Crippen LogP contribution is 2.37. The second-order valence-corrected chi connectivity index (χ2v) is 7.03. The molecule has 1 spiro atoms. The van der Waals surface area contributed by atoms with Crippen LogP contribution in [0.2, 0.25) is 0 Å². The maximum Gasteiger partial charge on any atom is 0.222 e. The molecule has 25 heavy (non-hydrogen) atoms. The van der Waals surface area contributed by atoms with Gasteiger partial charge in [0.15, 0.2) is 0 Å². The number of halogens is 1. The fourth-order valence-electron chi connectivity index (χ4n) is 3.87. The number of hydrogen-bond donors (Lipinski definition) is 1. The van der Waals surface area contributed by atoms with E-state index in [0.717, 1.165) is 62.5 Å². The number of nitrogens with one attached hydrogen (secondary N) is 1. The van der Waals surface area contributed by atoms with E-state index in [-0.39, 0.29) is 18.3 Å². The van der Waals surface area contributed by atoms with E-state index in [9.17, 15) is 4.79 Å². The number of nitrogens with zero attached hydrogens (tertiary/aromatic N) is 1. The number of likely N-dealkylation sites (tertiary alicyclic amines) is 1. The number of carbonyl (C=O) groups excluding carboxylic acids is 1. The predicted octanol–water partition coefficient (Wildman–Crippen LogP) is 2.66. The highest BCUT2D eigenvalue weighted by Gasteiger charge is 2.37. The van der Waals surface area contributed by atoms with Gasteiger partial charge in [0, 0.05) is 32.1 Å². The Bertz CT molecular complexity index is 556. The van der Waals surface area contributed by atoms with E-state index >= 15 is 0 Å². The van der Waals surface area contributed by atoms with Gasteiger partial charge in [0.05, 0.1) is 14.2 Å². The Kier molecular flexibility index (Phi) is 6.96. The average molecular weight is 369 g/mol. The minimum atomic E-state index is 0. The van der Waals surface area contributed by atoms with Crippen molar-refractivity contribution in [3.63, 3.8) is 0 Å². The molecule has 140 valence electrons. The van der Waals surface area contributed by atoms with Crippen LogP contribution in [-0.2, 0) is 11.2 Å². The molecule has 0 aliphatic carbocycles. The number of benzene rings is 1. The number of amides is 1. The topological polar surface area (TPSA) is 50.8 Å². The molecule has 5 nitrogen and oxygen atoms in total. The molecule has 0 atom stereocenters. The van der Waals surface area contributed by atoms with Gasteiger partial charge >= 0.3 is 0 Å². The van der Waals surface area contributed by atoms with Crippen LogP contribution in [0.4, 0.5) is 0 Å². The Labute approximate surface area is 156 Å². The molecule has 1 aromatic carbocycles. The summed E-state index contributed by atoms with van der Waals surface area (Å²) in [5, 5.41) is 3.47. The van der Waals surface area contributed by atoms with E-state index in [1.54, 1.807) is 14.2 Å². The molecule has 0 aromatic heterocycles. The number of ether oxygens (including phenoxy) is 2. The molecule has 2 aliphatic heterocycles. The van der Waals surface area contributed by atoms with E-state index in [1.165, 1.54) is 6.42 Å². The van der Waals surface area contributed by atoms with Crippen molar-refractivity contribution < 1.29 is 14.3 Å². The Morgan fingerprint density at radius 2 is 1.76 bits per heavy atom. The molecule has 1 aromatic rings. The van der Waals surface area contributed by atoms with Crippen LogP contribution in [0.1, 0.15) is 31.2 Å². The second kappa shape index (κ2) is 8.77. The summed E-state index contributed by atoms with van der Waals surface area (Å²) in [6, 6.07) is 5.81. The third kappa shape index (κ3) is 4.79. The van der Waals surface area contributed by atoms with Gasteiger partial charge in [-0.1, -0.05) is 0 Å². The Morgan fingerprint density at radius 1 is 1.12 bits per heavy atom. The lowest BCUT2D eigenvalue weighted by Gasteiger charge is -2.39. The third-order valence-corrected chi connectivity index (χ3v) is 5.55. The van der Waals surface area contributed by atoms with Crippen molar-refractivity contribution in [3.05, 3.63) is 23.8 Å². The molecule has 2 saturated heterocycles. The molecule has 0 unspecified atom stereocenters. The van der Waals surface area contributed by atoms with Crippen LogP contribution < -0.4 is 14.8 Å². The smallest absolute Gasteiger partial charge is 0.222 e. The van der Waals surface area contributed by atoms with Crippen molar-refractivity contribution in [3.8, 4) is 11.5 Å². The highest BCUT2D eigenvalue weighted by atomic mass is 35.5. The summed E-state index contributed by atoms with van der Waals surface area (Å²) >= 11 is 0. The van der Waals surface area contributed by atoms with E-state index in [1.807, 2.05) is 23.1 Å². The first-order valence-electron chi connectivity index (χ1n) is 8.85. The van der Waals surface area contributed by atoms with Gasteiger partial charge in [-0.05, 0) is 55.3 Å². The van der Waals surface area contributed by atoms with Gasteiger partial charge in [0.1, 0.15) is 11.5 Å². The number of piperidine rings is 1. The van der Waals surface area contributed by atoms with Crippen LogP contribution in [0.15, 0.2) is 18.2 Å². The maximum atomic E-state index is 12.5. The van der Waals surface area contributed by atoms with E-state index < -0.39 is 0 Å². The van der Waals surface area contributed by atoms with Crippen LogP contribution >= 0.6 is 12.4 Å². The molecule has 1 amide bonds. The van der Waals surface area contributed by atoms with Gasteiger partial charge in [-0.3, -0.25) is 4.79 Å². The Hall–Kier alpha value is -1.46. The zero-order valence-electron chi connectivity index (χ0n) is 15.2. The molecule has 6 heteroatoms. The summed E-state index contributed by atoms with van der Waals surface area (Å²) in [7, 11) is 3.29. The normalized spacial score (nSPS) is 18.7. The molecule has 2 fully saturated rings. The minimum absolute atomic E-state index is 0. The fraction of sp³-hybridized carbons (Fsp3) is 0.632. The first-order chi connectivity index (χ1) is 11.6.